The number of aliphatic carboxylic acids is 2. The monoisotopic (exact) mass is 510 g/mol. The van der Waals surface area contributed by atoms with E-state index in [1.165, 1.54) is 0 Å². The summed E-state index contributed by atoms with van der Waals surface area (Å²) < 4.78 is 0. The molecule has 3 aliphatic carbocycles. The fourth-order valence-corrected chi connectivity index (χ4v) is 9.25. The second-order valence-corrected chi connectivity index (χ2v) is 12.8. The van der Waals surface area contributed by atoms with Crippen molar-refractivity contribution in [1.82, 2.24) is 10.6 Å². The topological polar surface area (TPSA) is 153 Å². The van der Waals surface area contributed by atoms with Gasteiger partial charge in [-0.1, -0.05) is 13.8 Å². The molecule has 0 aromatic carbocycles. The minimum atomic E-state index is -0.960. The highest BCUT2D eigenvalue weighted by atomic mass is 32.2. The minimum absolute atomic E-state index is 0.0512. The van der Waals surface area contributed by atoms with E-state index in [1.807, 2.05) is 13.8 Å². The molecule has 1 saturated heterocycles. The number of carboxylic acid groups (broad SMARTS) is 2. The summed E-state index contributed by atoms with van der Waals surface area (Å²) in [7, 11) is 0. The molecule has 4 rings (SSSR count). The highest BCUT2D eigenvalue weighted by molar-refractivity contribution is 8.00. The maximum absolute atomic E-state index is 12.8. The molecule has 10 heteroatoms. The molecule has 4 aliphatic rings. The lowest BCUT2D eigenvalue weighted by Gasteiger charge is -2.53. The Morgan fingerprint density at radius 2 is 1.83 bits per heavy atom. The summed E-state index contributed by atoms with van der Waals surface area (Å²) in [5.41, 5.74) is -0.533. The van der Waals surface area contributed by atoms with Gasteiger partial charge in [0.15, 0.2) is 0 Å². The number of carbonyl (C=O) groups excluding carboxylic acids is 2. The van der Waals surface area contributed by atoms with Crippen LogP contribution in [-0.4, -0.2) is 74.7 Å². The Kier molecular flexibility index (Phi) is 7.56. The number of Topliss-reactive ketones (excluding diaryl/α,β-unsaturated/α-hetero) is 1. The van der Waals surface area contributed by atoms with E-state index >= 15 is 0 Å². The Bertz CT molecular complexity index is 874. The van der Waals surface area contributed by atoms with Crippen molar-refractivity contribution in [3.8, 4) is 0 Å². The van der Waals surface area contributed by atoms with Gasteiger partial charge < -0.3 is 26.0 Å². The highest BCUT2D eigenvalue weighted by Gasteiger charge is 2.73. The molecule has 5 N–H and O–H groups in total. The first kappa shape index (κ1) is 26.4. The normalized spacial score (nSPS) is 43.8. The quantitative estimate of drug-likeness (QED) is 0.326. The number of rotatable bonds is 8. The maximum atomic E-state index is 12.8. The molecule has 196 valence electrons. The molecular formula is C25H38N2O7S. The molecule has 1 aliphatic heterocycles. The first-order chi connectivity index (χ1) is 16.5. The molecule has 0 bridgehead atoms. The van der Waals surface area contributed by atoms with Crippen LogP contribution in [0.3, 0.4) is 0 Å². The number of carbonyl (C=O) groups is 4. The van der Waals surface area contributed by atoms with Crippen LogP contribution in [0, 0.1) is 40.9 Å². The van der Waals surface area contributed by atoms with Crippen LogP contribution >= 0.6 is 11.8 Å². The lowest BCUT2D eigenvalue weighted by atomic mass is 9.49. The van der Waals surface area contributed by atoms with Gasteiger partial charge in [-0.3, -0.25) is 19.2 Å². The van der Waals surface area contributed by atoms with Crippen molar-refractivity contribution in [3.63, 3.8) is 0 Å². The van der Waals surface area contributed by atoms with E-state index in [0.29, 0.717) is 38.3 Å². The Morgan fingerprint density at radius 3 is 2.40 bits per heavy atom. The van der Waals surface area contributed by atoms with Gasteiger partial charge in [-0.2, -0.15) is 11.8 Å². The fraction of sp³-hybridized carbons (Fsp3) is 0.840. The maximum Gasteiger partial charge on any atom is 0.308 e. The van der Waals surface area contributed by atoms with Crippen LogP contribution in [0.4, 0.5) is 0 Å². The van der Waals surface area contributed by atoms with Crippen molar-refractivity contribution in [2.75, 3.05) is 13.1 Å². The van der Waals surface area contributed by atoms with Crippen molar-refractivity contribution in [2.24, 2.45) is 40.9 Å². The zero-order valence-corrected chi connectivity index (χ0v) is 21.4. The molecule has 1 heterocycles. The van der Waals surface area contributed by atoms with Crippen LogP contribution in [0.1, 0.15) is 52.9 Å². The van der Waals surface area contributed by atoms with Crippen molar-refractivity contribution in [2.45, 2.75) is 75.5 Å². The van der Waals surface area contributed by atoms with E-state index in [2.05, 4.69) is 10.6 Å². The number of aliphatic hydroxyl groups excluding tert-OH is 1. The molecule has 0 aromatic heterocycles. The van der Waals surface area contributed by atoms with Gasteiger partial charge in [0.05, 0.1) is 29.9 Å². The third kappa shape index (κ3) is 4.62. The van der Waals surface area contributed by atoms with Crippen molar-refractivity contribution < 1.29 is 34.5 Å². The summed E-state index contributed by atoms with van der Waals surface area (Å²) in [6.45, 7) is 6.70. The smallest absolute Gasteiger partial charge is 0.308 e. The predicted molar refractivity (Wildman–Crippen MR) is 130 cm³/mol. The first-order valence-electron chi connectivity index (χ1n) is 12.8. The second kappa shape index (κ2) is 10.0. The zero-order chi connectivity index (χ0) is 25.7. The van der Waals surface area contributed by atoms with E-state index in [9.17, 15) is 29.4 Å². The molecule has 4 fully saturated rings. The van der Waals surface area contributed by atoms with Crippen molar-refractivity contribution in [3.05, 3.63) is 0 Å². The number of nitrogens with one attached hydrogen (secondary N) is 2. The average Bonchev–Trinajstić information content (AvgIpc) is 3.33. The standard InChI is InChI=1S/C25H38N2O7S/c1-11-21(17(24(33)34)19-20(29)18(12(2)28)25(11,19)3)35-15-8-16(26-10-15)22(30)27-9-13-4-6-14(7-5-13)23(31)32/h11-19,21,26,28H,4-10H2,1-3H3,(H,27,30)(H,31,32)(H,33,34)/t11-,12?,13?,14?,15-,16-,17?,18-,19?,21?,25+/m0/s1. The van der Waals surface area contributed by atoms with Gasteiger partial charge in [-0.05, 0) is 56.3 Å². The number of fused-ring (bicyclic) bond motifs is 1. The fourth-order valence-electron chi connectivity index (χ4n) is 7.34. The van der Waals surface area contributed by atoms with Crippen LogP contribution in [0.2, 0.25) is 0 Å². The number of thioether (sulfide) groups is 1. The van der Waals surface area contributed by atoms with Crippen LogP contribution in [-0.2, 0) is 19.2 Å². The van der Waals surface area contributed by atoms with E-state index in [-0.39, 0.29) is 40.1 Å². The van der Waals surface area contributed by atoms with Crippen LogP contribution in [0.25, 0.3) is 0 Å². The van der Waals surface area contributed by atoms with Crippen LogP contribution in [0.15, 0.2) is 0 Å². The summed E-state index contributed by atoms with van der Waals surface area (Å²) in [5.74, 6) is -3.81. The molecule has 0 aromatic rings. The second-order valence-electron chi connectivity index (χ2n) is 11.3. The number of carboxylic acids is 2. The Labute approximate surface area is 210 Å². The summed E-state index contributed by atoms with van der Waals surface area (Å²) in [4.78, 5) is 48.9. The number of aliphatic hydroxyl groups is 1. The Hall–Kier alpha value is -1.65. The summed E-state index contributed by atoms with van der Waals surface area (Å²) in [6, 6.07) is -0.345. The Morgan fingerprint density at radius 1 is 1.17 bits per heavy atom. The molecule has 0 spiro atoms. The average molecular weight is 511 g/mol. The largest absolute Gasteiger partial charge is 0.481 e. The van der Waals surface area contributed by atoms with E-state index in [0.717, 1.165) is 12.8 Å². The van der Waals surface area contributed by atoms with Gasteiger partial charge in [-0.15, -0.1) is 0 Å². The first-order valence-corrected chi connectivity index (χ1v) is 13.7. The number of hydrogen-bond acceptors (Lipinski definition) is 7. The van der Waals surface area contributed by atoms with E-state index in [4.69, 9.17) is 5.11 Å². The molecular weight excluding hydrogens is 472 g/mol. The van der Waals surface area contributed by atoms with Gasteiger partial charge in [0.2, 0.25) is 5.91 Å². The van der Waals surface area contributed by atoms with Gasteiger partial charge >= 0.3 is 11.9 Å². The predicted octanol–water partition coefficient (Wildman–Crippen LogP) is 1.38. The molecule has 3 saturated carbocycles. The van der Waals surface area contributed by atoms with Gasteiger partial charge in [0.1, 0.15) is 5.78 Å². The SMILES string of the molecule is CC(O)[C@H]1C(=O)C2C(C(=O)O)C(S[C@@H]3CN[C@H](C(=O)NCC4CCC(C(=O)O)CC4)C3)[C@H](C)[C@@]21C. The lowest BCUT2D eigenvalue weighted by Crippen LogP contribution is -2.61. The molecule has 9 atom stereocenters. The molecule has 1 amide bonds. The van der Waals surface area contributed by atoms with Gasteiger partial charge in [0, 0.05) is 29.5 Å². The number of amides is 1. The summed E-state index contributed by atoms with van der Waals surface area (Å²) in [6.07, 6.45) is 2.70. The minimum Gasteiger partial charge on any atom is -0.481 e. The molecule has 0 radical (unpaired) electrons. The molecule has 35 heavy (non-hydrogen) atoms. The van der Waals surface area contributed by atoms with Gasteiger partial charge in [0.25, 0.3) is 0 Å². The third-order valence-electron chi connectivity index (χ3n) is 9.43. The number of hydrogen-bond donors (Lipinski definition) is 5. The van der Waals surface area contributed by atoms with E-state index < -0.39 is 41.2 Å². The highest BCUT2D eigenvalue weighted by Crippen LogP contribution is 2.67. The summed E-state index contributed by atoms with van der Waals surface area (Å²) in [5, 5.41) is 35.4. The molecule has 4 unspecified atom stereocenters. The lowest BCUT2D eigenvalue weighted by molar-refractivity contribution is -0.172. The molecule has 9 nitrogen and oxygen atoms in total. The third-order valence-corrected chi connectivity index (χ3v) is 11.2. The zero-order valence-electron chi connectivity index (χ0n) is 20.6. The summed E-state index contributed by atoms with van der Waals surface area (Å²) >= 11 is 1.58. The van der Waals surface area contributed by atoms with Crippen LogP contribution in [0.5, 0.6) is 0 Å². The van der Waals surface area contributed by atoms with E-state index in [1.54, 1.807) is 18.7 Å². The van der Waals surface area contributed by atoms with Crippen molar-refractivity contribution in [1.29, 1.82) is 0 Å². The van der Waals surface area contributed by atoms with Gasteiger partial charge in [-0.25, -0.2) is 0 Å². The van der Waals surface area contributed by atoms with Crippen LogP contribution < -0.4 is 10.6 Å². The number of ketones is 1. The van der Waals surface area contributed by atoms with Crippen molar-refractivity contribution >= 4 is 35.4 Å². The Balaban J connectivity index is 1.31.